The van der Waals surface area contributed by atoms with Crippen LogP contribution in [0, 0.1) is 20.8 Å². The second kappa shape index (κ2) is 7.48. The number of amides is 1. The number of nitrogens with zero attached hydrogens (tertiary/aromatic N) is 3. The van der Waals surface area contributed by atoms with Crippen LogP contribution in [0.4, 0.5) is 5.69 Å². The van der Waals surface area contributed by atoms with Crippen LogP contribution in [0.2, 0.25) is 5.02 Å². The van der Waals surface area contributed by atoms with Gasteiger partial charge in [0.2, 0.25) is 11.1 Å². The van der Waals surface area contributed by atoms with Crippen LogP contribution in [-0.2, 0) is 4.79 Å². The number of thioether (sulfide) groups is 1. The van der Waals surface area contributed by atoms with Crippen LogP contribution < -0.4 is 10.7 Å². The molecule has 1 aromatic heterocycles. The van der Waals surface area contributed by atoms with Gasteiger partial charge < -0.3 is 10.7 Å². The maximum absolute atomic E-state index is 13.2. The number of anilines is 1. The Morgan fingerprint density at radius 3 is 2.64 bits per heavy atom. The number of nitrogens with one attached hydrogen (secondary N) is 2. The van der Waals surface area contributed by atoms with Gasteiger partial charge in [-0.05, 0) is 44.0 Å². The Labute approximate surface area is 172 Å². The van der Waals surface area contributed by atoms with Crippen molar-refractivity contribution in [3.8, 4) is 0 Å². The molecule has 0 fully saturated rings. The molecule has 2 atom stereocenters. The number of hydrogen-bond donors (Lipinski definition) is 2. The molecule has 2 aromatic carbocycles. The highest BCUT2D eigenvalue weighted by Crippen LogP contribution is 2.38. The van der Waals surface area contributed by atoms with Crippen molar-refractivity contribution in [2.75, 3.05) is 10.7 Å². The van der Waals surface area contributed by atoms with E-state index in [1.807, 2.05) is 67.9 Å². The average molecular weight is 414 g/mol. The van der Waals surface area contributed by atoms with Gasteiger partial charge >= 0.3 is 0 Å². The molecule has 1 amide bonds. The van der Waals surface area contributed by atoms with Gasteiger partial charge in [-0.2, -0.15) is 0 Å². The van der Waals surface area contributed by atoms with E-state index in [0.29, 0.717) is 15.9 Å². The summed E-state index contributed by atoms with van der Waals surface area (Å²) >= 11 is 7.61. The predicted octanol–water partition coefficient (Wildman–Crippen LogP) is 4.25. The van der Waals surface area contributed by atoms with Crippen molar-refractivity contribution in [3.63, 3.8) is 0 Å². The number of fused-ring (bicyclic) bond motifs is 1. The molecule has 0 radical (unpaired) electrons. The Hall–Kier alpha value is -2.51. The summed E-state index contributed by atoms with van der Waals surface area (Å²) in [6.07, 6.45) is 0. The standard InChI is InChI=1S/C20H20ClN5OS/c1-11-7-9-14(10-8-11)17-18(28-20-24-23-13(3)26(20)25-17)19(27)22-16-6-4-5-15(21)12(16)2/h4-10,17-18,25H,1-3H3,(H,22,27)/t17-,18-/m0/s1. The lowest BCUT2D eigenvalue weighted by molar-refractivity contribution is -0.116. The third-order valence-corrected chi connectivity index (χ3v) is 6.44. The molecule has 0 saturated heterocycles. The number of halogens is 1. The van der Waals surface area contributed by atoms with Crippen LogP contribution in [0.5, 0.6) is 0 Å². The molecule has 1 aliphatic heterocycles. The Kier molecular flexibility index (Phi) is 5.03. The van der Waals surface area contributed by atoms with Crippen LogP contribution in [-0.4, -0.2) is 26.0 Å². The van der Waals surface area contributed by atoms with Gasteiger partial charge in [-0.15, -0.1) is 10.2 Å². The summed E-state index contributed by atoms with van der Waals surface area (Å²) in [6.45, 7) is 5.81. The number of rotatable bonds is 3. The van der Waals surface area contributed by atoms with Crippen molar-refractivity contribution in [1.82, 2.24) is 14.9 Å². The highest BCUT2D eigenvalue weighted by Gasteiger charge is 2.37. The lowest BCUT2D eigenvalue weighted by Gasteiger charge is -2.33. The van der Waals surface area contributed by atoms with Gasteiger partial charge in [-0.3, -0.25) is 4.79 Å². The van der Waals surface area contributed by atoms with Crippen molar-refractivity contribution in [2.24, 2.45) is 0 Å². The van der Waals surface area contributed by atoms with Crippen LogP contribution in [0.3, 0.4) is 0 Å². The smallest absolute Gasteiger partial charge is 0.240 e. The maximum atomic E-state index is 13.2. The summed E-state index contributed by atoms with van der Waals surface area (Å²) in [5.74, 6) is 0.643. The fourth-order valence-corrected chi connectivity index (χ4v) is 4.43. The summed E-state index contributed by atoms with van der Waals surface area (Å²) in [6, 6.07) is 13.4. The van der Waals surface area contributed by atoms with Crippen molar-refractivity contribution >= 4 is 35.0 Å². The van der Waals surface area contributed by atoms with E-state index in [9.17, 15) is 4.79 Å². The minimum absolute atomic E-state index is 0.111. The van der Waals surface area contributed by atoms with Crippen LogP contribution in [0.25, 0.3) is 0 Å². The van der Waals surface area contributed by atoms with E-state index in [1.165, 1.54) is 17.3 Å². The largest absolute Gasteiger partial charge is 0.325 e. The van der Waals surface area contributed by atoms with Gasteiger partial charge in [0, 0.05) is 10.7 Å². The van der Waals surface area contributed by atoms with Crippen LogP contribution >= 0.6 is 23.4 Å². The number of aromatic nitrogens is 3. The van der Waals surface area contributed by atoms with Crippen molar-refractivity contribution < 1.29 is 4.79 Å². The molecule has 3 aromatic rings. The highest BCUT2D eigenvalue weighted by molar-refractivity contribution is 8.00. The third kappa shape index (κ3) is 3.47. The van der Waals surface area contributed by atoms with Gasteiger partial charge in [0.25, 0.3) is 0 Å². The minimum Gasteiger partial charge on any atom is -0.325 e. The van der Waals surface area contributed by atoms with E-state index in [2.05, 4.69) is 20.9 Å². The second-order valence-corrected chi connectivity index (χ2v) is 8.34. The Morgan fingerprint density at radius 2 is 1.89 bits per heavy atom. The predicted molar refractivity (Wildman–Crippen MR) is 113 cm³/mol. The first kappa shape index (κ1) is 18.8. The molecule has 8 heteroatoms. The molecule has 0 aliphatic carbocycles. The number of benzene rings is 2. The van der Waals surface area contributed by atoms with Gasteiger partial charge in [0.15, 0.2) is 0 Å². The van der Waals surface area contributed by atoms with Gasteiger partial charge in [0.1, 0.15) is 11.1 Å². The molecule has 2 heterocycles. The summed E-state index contributed by atoms with van der Waals surface area (Å²) < 4.78 is 1.84. The van der Waals surface area contributed by atoms with E-state index in [4.69, 9.17) is 11.6 Å². The summed E-state index contributed by atoms with van der Waals surface area (Å²) in [7, 11) is 0. The Bertz CT molecular complexity index is 1030. The zero-order valence-electron chi connectivity index (χ0n) is 15.7. The fourth-order valence-electron chi connectivity index (χ4n) is 3.13. The molecular formula is C20H20ClN5OS. The summed E-state index contributed by atoms with van der Waals surface area (Å²) in [5.41, 5.74) is 7.16. The van der Waals surface area contributed by atoms with E-state index < -0.39 is 5.25 Å². The van der Waals surface area contributed by atoms with Crippen molar-refractivity contribution in [1.29, 1.82) is 0 Å². The topological polar surface area (TPSA) is 71.8 Å². The maximum Gasteiger partial charge on any atom is 0.240 e. The number of hydrogen-bond acceptors (Lipinski definition) is 5. The Morgan fingerprint density at radius 1 is 1.14 bits per heavy atom. The fraction of sp³-hybridized carbons (Fsp3) is 0.250. The normalized spacial score (nSPS) is 18.3. The first-order chi connectivity index (χ1) is 13.4. The van der Waals surface area contributed by atoms with E-state index in [1.54, 1.807) is 0 Å². The van der Waals surface area contributed by atoms with Crippen molar-refractivity contribution in [3.05, 3.63) is 70.0 Å². The number of carbonyl (C=O) groups is 1. The zero-order chi connectivity index (χ0) is 19.8. The van der Waals surface area contributed by atoms with Gasteiger partial charge in [-0.25, -0.2) is 4.68 Å². The van der Waals surface area contributed by atoms with E-state index >= 15 is 0 Å². The van der Waals surface area contributed by atoms with Crippen LogP contribution in [0.15, 0.2) is 47.6 Å². The quantitative estimate of drug-likeness (QED) is 0.671. The zero-order valence-corrected chi connectivity index (χ0v) is 17.3. The molecule has 144 valence electrons. The molecule has 0 bridgehead atoms. The molecule has 28 heavy (non-hydrogen) atoms. The van der Waals surface area contributed by atoms with E-state index in [0.717, 1.165) is 17.0 Å². The average Bonchev–Trinajstić information content (AvgIpc) is 3.05. The first-order valence-corrected chi connectivity index (χ1v) is 10.2. The molecule has 4 rings (SSSR count). The lowest BCUT2D eigenvalue weighted by atomic mass is 10.0. The molecule has 0 unspecified atom stereocenters. The molecule has 2 N–H and O–H groups in total. The van der Waals surface area contributed by atoms with Gasteiger partial charge in [-0.1, -0.05) is 59.3 Å². The summed E-state index contributed by atoms with van der Waals surface area (Å²) in [4.78, 5) is 13.2. The van der Waals surface area contributed by atoms with Crippen molar-refractivity contribution in [2.45, 2.75) is 37.2 Å². The molecular weight excluding hydrogens is 394 g/mol. The second-order valence-electron chi connectivity index (χ2n) is 6.82. The van der Waals surface area contributed by atoms with E-state index in [-0.39, 0.29) is 11.9 Å². The van der Waals surface area contributed by atoms with Gasteiger partial charge in [0.05, 0.1) is 6.04 Å². The molecule has 6 nitrogen and oxygen atoms in total. The Balaban J connectivity index is 1.68. The molecule has 1 aliphatic rings. The van der Waals surface area contributed by atoms with Crippen LogP contribution in [0.1, 0.15) is 28.6 Å². The lowest BCUT2D eigenvalue weighted by Crippen LogP contribution is -2.41. The molecule has 0 spiro atoms. The first-order valence-electron chi connectivity index (χ1n) is 8.92. The summed E-state index contributed by atoms with van der Waals surface area (Å²) in [5, 5.41) is 12.2. The molecule has 0 saturated carbocycles. The number of carbonyl (C=O) groups excluding carboxylic acids is 1. The monoisotopic (exact) mass is 413 g/mol. The number of aryl methyl sites for hydroxylation is 2. The SMILES string of the molecule is Cc1ccc([C@@H]2Nn3c(C)nnc3S[C@@H]2C(=O)Nc2cccc(Cl)c2C)cc1. The third-order valence-electron chi connectivity index (χ3n) is 4.82. The highest BCUT2D eigenvalue weighted by atomic mass is 35.5. The minimum atomic E-state index is -0.419.